The second-order valence-electron chi connectivity index (χ2n) is 22.0. The number of ether oxygens (including phenoxy) is 3. The van der Waals surface area contributed by atoms with Crippen LogP contribution in [0.15, 0.2) is 122 Å². The van der Waals surface area contributed by atoms with E-state index < -0.39 is 6.10 Å². The standard InChI is InChI=1S/C74H124O6/c1-4-7-10-13-16-19-22-25-28-31-34-36-37-39-40-43-46-49-52-55-58-61-64-67-73(76)79-70-71(69-78-72(75)66-63-60-57-54-51-48-45-42-33-30-27-24-21-18-15-12-9-6-3)80-74(77)68-65-62-59-56-53-50-47-44-41-38-35-32-29-26-23-20-17-14-11-8-5-2/h7-8,10-11,16-17,19-20,25-26,28-30,33-36,38-40,71H,4-6,9,12-15,18,21-24,27,31-32,37,41-70H2,1-3H3/b10-7-,11-8-,19-16-,20-17-,28-25-,29-26-,33-30-,36-34-,38-35-,40-39-. The number of allylic oxidation sites excluding steroid dienone is 20. The molecule has 0 amide bonds. The predicted molar refractivity (Wildman–Crippen MR) is 348 cm³/mol. The van der Waals surface area contributed by atoms with Crippen molar-refractivity contribution in [1.82, 2.24) is 0 Å². The molecule has 0 aliphatic rings. The first-order valence-corrected chi connectivity index (χ1v) is 33.5. The Labute approximate surface area is 494 Å². The van der Waals surface area contributed by atoms with Gasteiger partial charge in [0, 0.05) is 19.3 Å². The first-order chi connectivity index (χ1) is 39.5. The van der Waals surface area contributed by atoms with Crippen LogP contribution in [0.1, 0.15) is 310 Å². The number of hydrogen-bond donors (Lipinski definition) is 0. The van der Waals surface area contributed by atoms with Gasteiger partial charge in [0.2, 0.25) is 0 Å². The number of esters is 3. The molecule has 0 radical (unpaired) electrons. The zero-order valence-electron chi connectivity index (χ0n) is 52.3. The smallest absolute Gasteiger partial charge is 0.306 e. The highest BCUT2D eigenvalue weighted by Gasteiger charge is 2.19. The zero-order chi connectivity index (χ0) is 57.8. The molecule has 0 aromatic rings. The van der Waals surface area contributed by atoms with Gasteiger partial charge in [-0.05, 0) is 128 Å². The van der Waals surface area contributed by atoms with E-state index in [1.165, 1.54) is 141 Å². The Morgan fingerprint density at radius 1 is 0.263 bits per heavy atom. The van der Waals surface area contributed by atoms with Gasteiger partial charge in [0.25, 0.3) is 0 Å². The zero-order valence-corrected chi connectivity index (χ0v) is 52.3. The van der Waals surface area contributed by atoms with Crippen LogP contribution in [0.3, 0.4) is 0 Å². The lowest BCUT2D eigenvalue weighted by Gasteiger charge is -2.18. The maximum atomic E-state index is 13.0. The highest BCUT2D eigenvalue weighted by Crippen LogP contribution is 2.16. The molecule has 0 saturated heterocycles. The van der Waals surface area contributed by atoms with E-state index in [9.17, 15) is 14.4 Å². The Morgan fingerprint density at radius 3 is 0.775 bits per heavy atom. The lowest BCUT2D eigenvalue weighted by molar-refractivity contribution is -0.167. The van der Waals surface area contributed by atoms with Gasteiger partial charge < -0.3 is 14.2 Å². The quantitative estimate of drug-likeness (QED) is 0.0261. The van der Waals surface area contributed by atoms with Crippen LogP contribution >= 0.6 is 0 Å². The molecule has 456 valence electrons. The summed E-state index contributed by atoms with van der Waals surface area (Å²) in [6.07, 6.45) is 93.4. The van der Waals surface area contributed by atoms with E-state index in [4.69, 9.17) is 14.2 Å². The van der Waals surface area contributed by atoms with Gasteiger partial charge in [-0.2, -0.15) is 0 Å². The molecule has 0 saturated carbocycles. The van der Waals surface area contributed by atoms with Crippen molar-refractivity contribution in [3.05, 3.63) is 122 Å². The van der Waals surface area contributed by atoms with Gasteiger partial charge in [-0.3, -0.25) is 14.4 Å². The fourth-order valence-corrected chi connectivity index (χ4v) is 9.22. The summed E-state index contributed by atoms with van der Waals surface area (Å²) >= 11 is 0. The molecular formula is C74H124O6. The van der Waals surface area contributed by atoms with Crippen molar-refractivity contribution >= 4 is 17.9 Å². The van der Waals surface area contributed by atoms with Crippen molar-refractivity contribution in [1.29, 1.82) is 0 Å². The number of carbonyl (C=O) groups is 3. The summed E-state index contributed by atoms with van der Waals surface area (Å²) in [5, 5.41) is 0. The number of unbranched alkanes of at least 4 members (excludes halogenated alkanes) is 29. The summed E-state index contributed by atoms with van der Waals surface area (Å²) in [6, 6.07) is 0. The SMILES string of the molecule is CC/C=C\C/C=C\C/C=C\C/C=C\C/C=C\CCCCCCCCCC(=O)OCC(COC(=O)CCCCCCCCC/C=C\CCCCCCCCC)OC(=O)CCCCCCCCCC/C=C\C/C=C\C/C=C\C/C=C\CC. The molecule has 1 unspecified atom stereocenters. The van der Waals surface area contributed by atoms with E-state index in [0.29, 0.717) is 19.3 Å². The summed E-state index contributed by atoms with van der Waals surface area (Å²) in [4.78, 5) is 38.4. The molecule has 0 spiro atoms. The Balaban J connectivity index is 4.44. The molecule has 6 heteroatoms. The average molecular weight is 1110 g/mol. The Kier molecular flexibility index (Phi) is 63.8. The van der Waals surface area contributed by atoms with Crippen LogP contribution in [-0.4, -0.2) is 37.2 Å². The Hall–Kier alpha value is -4.19. The maximum Gasteiger partial charge on any atom is 0.306 e. The van der Waals surface area contributed by atoms with E-state index in [1.807, 2.05) is 0 Å². The molecule has 0 aliphatic carbocycles. The van der Waals surface area contributed by atoms with Gasteiger partial charge in [-0.1, -0.05) is 284 Å². The number of hydrogen-bond acceptors (Lipinski definition) is 6. The molecular weight excluding hydrogens is 985 g/mol. The van der Waals surface area contributed by atoms with Crippen LogP contribution in [0.25, 0.3) is 0 Å². The molecule has 0 rings (SSSR count). The summed E-state index contributed by atoms with van der Waals surface area (Å²) in [5.41, 5.74) is 0. The van der Waals surface area contributed by atoms with Gasteiger partial charge in [0.1, 0.15) is 13.2 Å². The van der Waals surface area contributed by atoms with Gasteiger partial charge in [-0.15, -0.1) is 0 Å². The van der Waals surface area contributed by atoms with Crippen LogP contribution in [0.5, 0.6) is 0 Å². The lowest BCUT2D eigenvalue weighted by atomic mass is 10.1. The van der Waals surface area contributed by atoms with E-state index in [-0.39, 0.29) is 31.1 Å². The second kappa shape index (κ2) is 67.3. The van der Waals surface area contributed by atoms with Crippen molar-refractivity contribution in [3.8, 4) is 0 Å². The summed E-state index contributed by atoms with van der Waals surface area (Å²) in [7, 11) is 0. The molecule has 0 heterocycles. The molecule has 0 aromatic carbocycles. The minimum atomic E-state index is -0.795. The van der Waals surface area contributed by atoms with Crippen LogP contribution < -0.4 is 0 Å². The molecule has 80 heavy (non-hydrogen) atoms. The molecule has 0 aliphatic heterocycles. The average Bonchev–Trinajstić information content (AvgIpc) is 3.46. The van der Waals surface area contributed by atoms with Crippen molar-refractivity contribution < 1.29 is 28.6 Å². The number of carbonyl (C=O) groups excluding carboxylic acids is 3. The lowest BCUT2D eigenvalue weighted by Crippen LogP contribution is -2.30. The van der Waals surface area contributed by atoms with Gasteiger partial charge in [0.15, 0.2) is 6.10 Å². The summed E-state index contributed by atoms with van der Waals surface area (Å²) < 4.78 is 17.0. The molecule has 6 nitrogen and oxygen atoms in total. The first kappa shape index (κ1) is 75.8. The first-order valence-electron chi connectivity index (χ1n) is 33.5. The molecule has 1 atom stereocenters. The third kappa shape index (κ3) is 64.6. The molecule has 0 bridgehead atoms. The fraction of sp³-hybridized carbons (Fsp3) is 0.689. The topological polar surface area (TPSA) is 78.9 Å². The van der Waals surface area contributed by atoms with Crippen molar-refractivity contribution in [2.75, 3.05) is 13.2 Å². The number of rotatable bonds is 60. The molecule has 0 N–H and O–H groups in total. The minimum Gasteiger partial charge on any atom is -0.462 e. The summed E-state index contributed by atoms with van der Waals surface area (Å²) in [5.74, 6) is -0.903. The van der Waals surface area contributed by atoms with Crippen LogP contribution in [0, 0.1) is 0 Å². The van der Waals surface area contributed by atoms with Crippen molar-refractivity contribution in [3.63, 3.8) is 0 Å². The van der Waals surface area contributed by atoms with Gasteiger partial charge in [-0.25, -0.2) is 0 Å². The second-order valence-corrected chi connectivity index (χ2v) is 22.0. The van der Waals surface area contributed by atoms with Crippen LogP contribution in [-0.2, 0) is 28.6 Å². The van der Waals surface area contributed by atoms with E-state index >= 15 is 0 Å². The normalized spacial score (nSPS) is 12.9. The van der Waals surface area contributed by atoms with E-state index in [2.05, 4.69) is 142 Å². The summed E-state index contributed by atoms with van der Waals surface area (Å²) in [6.45, 7) is 6.42. The van der Waals surface area contributed by atoms with Crippen LogP contribution in [0.4, 0.5) is 0 Å². The Bertz CT molecular complexity index is 1650. The highest BCUT2D eigenvalue weighted by molar-refractivity contribution is 5.71. The molecule has 0 aromatic heterocycles. The largest absolute Gasteiger partial charge is 0.462 e. The minimum absolute atomic E-state index is 0.0886. The third-order valence-corrected chi connectivity index (χ3v) is 14.2. The predicted octanol–water partition coefficient (Wildman–Crippen LogP) is 23.2. The Morgan fingerprint density at radius 2 is 0.487 bits per heavy atom. The maximum absolute atomic E-state index is 13.0. The third-order valence-electron chi connectivity index (χ3n) is 14.2. The van der Waals surface area contributed by atoms with Crippen molar-refractivity contribution in [2.24, 2.45) is 0 Å². The van der Waals surface area contributed by atoms with Crippen LogP contribution in [0.2, 0.25) is 0 Å². The monoisotopic (exact) mass is 1110 g/mol. The van der Waals surface area contributed by atoms with Crippen molar-refractivity contribution in [2.45, 2.75) is 316 Å². The van der Waals surface area contributed by atoms with Gasteiger partial charge in [0.05, 0.1) is 0 Å². The molecule has 0 fully saturated rings. The van der Waals surface area contributed by atoms with Gasteiger partial charge >= 0.3 is 17.9 Å². The fourth-order valence-electron chi connectivity index (χ4n) is 9.22. The van der Waals surface area contributed by atoms with E-state index in [0.717, 1.165) is 128 Å². The highest BCUT2D eigenvalue weighted by atomic mass is 16.6. The van der Waals surface area contributed by atoms with E-state index in [1.54, 1.807) is 0 Å².